The number of nitrogens with one attached hydrogen (secondary N) is 1. The molecule has 2 unspecified atom stereocenters. The van der Waals surface area contributed by atoms with Gasteiger partial charge in [0.25, 0.3) is 0 Å². The van der Waals surface area contributed by atoms with Crippen LogP contribution in [0.3, 0.4) is 0 Å². The van der Waals surface area contributed by atoms with Crippen LogP contribution in [0.1, 0.15) is 46.5 Å². The van der Waals surface area contributed by atoms with E-state index in [1.807, 2.05) is 7.05 Å². The summed E-state index contributed by atoms with van der Waals surface area (Å²) in [5.41, 5.74) is 0. The Morgan fingerprint density at radius 2 is 1.92 bits per heavy atom. The van der Waals surface area contributed by atoms with Crippen molar-refractivity contribution in [2.45, 2.75) is 58.6 Å². The maximum Gasteiger partial charge on any atom is 0.0693 e. The Bertz CT molecular complexity index is 115. The Balaban J connectivity index is 3.77. The lowest BCUT2D eigenvalue weighted by molar-refractivity contribution is 0.109. The van der Waals surface area contributed by atoms with Crippen LogP contribution in [0.4, 0.5) is 0 Å². The van der Waals surface area contributed by atoms with Crippen LogP contribution in [0.5, 0.6) is 0 Å². The molecule has 0 radical (unpaired) electrons. The van der Waals surface area contributed by atoms with Crippen molar-refractivity contribution in [3.8, 4) is 0 Å². The van der Waals surface area contributed by atoms with E-state index in [1.54, 1.807) is 0 Å². The predicted octanol–water partition coefficient (Wildman–Crippen LogP) is 2.17. The summed E-state index contributed by atoms with van der Waals surface area (Å²) in [7, 11) is 1.93. The molecular weight excluding hydrogens is 162 g/mol. The second-order valence-electron chi connectivity index (χ2n) is 4.23. The highest BCUT2D eigenvalue weighted by molar-refractivity contribution is 4.75. The van der Waals surface area contributed by atoms with E-state index >= 15 is 0 Å². The van der Waals surface area contributed by atoms with Crippen LogP contribution >= 0.6 is 0 Å². The summed E-state index contributed by atoms with van der Waals surface area (Å²) in [6, 6.07) is 0.270. The highest BCUT2D eigenvalue weighted by Gasteiger charge is 2.17. The van der Waals surface area contributed by atoms with E-state index in [4.69, 9.17) is 0 Å². The minimum Gasteiger partial charge on any atom is -0.392 e. The zero-order valence-electron chi connectivity index (χ0n) is 9.51. The molecule has 0 aromatic heterocycles. The van der Waals surface area contributed by atoms with Gasteiger partial charge in [-0.15, -0.1) is 0 Å². The van der Waals surface area contributed by atoms with Crippen molar-refractivity contribution in [1.82, 2.24) is 5.32 Å². The third-order valence-corrected chi connectivity index (χ3v) is 2.41. The molecule has 0 heterocycles. The van der Waals surface area contributed by atoms with Gasteiger partial charge in [0.05, 0.1) is 6.10 Å². The number of unbranched alkanes of at least 4 members (excludes halogenated alkanes) is 1. The first kappa shape index (κ1) is 12.9. The third kappa shape index (κ3) is 6.05. The monoisotopic (exact) mass is 187 g/mol. The van der Waals surface area contributed by atoms with Crippen molar-refractivity contribution in [2.24, 2.45) is 5.92 Å². The molecule has 0 aliphatic carbocycles. The minimum absolute atomic E-state index is 0.174. The molecule has 0 saturated carbocycles. The highest BCUT2D eigenvalue weighted by Crippen LogP contribution is 2.12. The number of hydrogen-bond donors (Lipinski definition) is 2. The molecule has 2 atom stereocenters. The molecule has 0 aliphatic heterocycles. The van der Waals surface area contributed by atoms with E-state index in [1.165, 1.54) is 0 Å². The quantitative estimate of drug-likeness (QED) is 0.640. The molecule has 80 valence electrons. The number of hydrogen-bond acceptors (Lipinski definition) is 2. The van der Waals surface area contributed by atoms with Gasteiger partial charge < -0.3 is 10.4 Å². The van der Waals surface area contributed by atoms with Crippen molar-refractivity contribution in [3.63, 3.8) is 0 Å². The minimum atomic E-state index is -0.174. The van der Waals surface area contributed by atoms with Crippen LogP contribution in [0.15, 0.2) is 0 Å². The van der Waals surface area contributed by atoms with Crippen LogP contribution in [0, 0.1) is 5.92 Å². The Kier molecular flexibility index (Phi) is 7.29. The summed E-state index contributed by atoms with van der Waals surface area (Å²) < 4.78 is 0. The first-order valence-electron chi connectivity index (χ1n) is 5.47. The lowest BCUT2D eigenvalue weighted by Gasteiger charge is -2.23. The van der Waals surface area contributed by atoms with Crippen LogP contribution in [-0.2, 0) is 0 Å². The second kappa shape index (κ2) is 7.34. The number of aliphatic hydroxyl groups excluding tert-OH is 1. The molecule has 0 fully saturated rings. The highest BCUT2D eigenvalue weighted by atomic mass is 16.3. The van der Waals surface area contributed by atoms with Crippen LogP contribution in [0.2, 0.25) is 0 Å². The molecule has 0 bridgehead atoms. The zero-order chi connectivity index (χ0) is 10.3. The molecule has 13 heavy (non-hydrogen) atoms. The summed E-state index contributed by atoms with van der Waals surface area (Å²) in [6.07, 6.45) is 4.09. The zero-order valence-corrected chi connectivity index (χ0v) is 9.51. The van der Waals surface area contributed by atoms with Gasteiger partial charge in [0.2, 0.25) is 0 Å². The molecular formula is C11H25NO. The summed E-state index contributed by atoms with van der Waals surface area (Å²) in [5.74, 6) is 0.647. The van der Waals surface area contributed by atoms with Gasteiger partial charge in [-0.25, -0.2) is 0 Å². The first-order chi connectivity index (χ1) is 6.11. The van der Waals surface area contributed by atoms with Crippen molar-refractivity contribution in [2.75, 3.05) is 7.05 Å². The number of rotatable bonds is 7. The average molecular weight is 187 g/mol. The molecule has 2 nitrogen and oxygen atoms in total. The fourth-order valence-corrected chi connectivity index (χ4v) is 1.59. The lowest BCUT2D eigenvalue weighted by atomic mass is 9.96. The van der Waals surface area contributed by atoms with E-state index in [9.17, 15) is 5.11 Å². The van der Waals surface area contributed by atoms with Gasteiger partial charge in [0, 0.05) is 6.04 Å². The molecule has 2 N–H and O–H groups in total. The third-order valence-electron chi connectivity index (χ3n) is 2.41. The number of likely N-dealkylation sites (N-methyl/N-ethyl adjacent to an activating group) is 1. The average Bonchev–Trinajstić information content (AvgIpc) is 2.09. The molecule has 0 aromatic rings. The fraction of sp³-hybridized carbons (Fsp3) is 1.00. The van der Waals surface area contributed by atoms with E-state index in [-0.39, 0.29) is 12.1 Å². The summed E-state index contributed by atoms with van der Waals surface area (Å²) >= 11 is 0. The van der Waals surface area contributed by atoms with Gasteiger partial charge in [-0.1, -0.05) is 33.6 Å². The maximum absolute atomic E-state index is 9.83. The Morgan fingerprint density at radius 1 is 1.31 bits per heavy atom. The summed E-state index contributed by atoms with van der Waals surface area (Å²) in [6.45, 7) is 6.54. The molecule has 0 rings (SSSR count). The Hall–Kier alpha value is -0.0800. The topological polar surface area (TPSA) is 32.3 Å². The van der Waals surface area contributed by atoms with Gasteiger partial charge in [-0.05, 0) is 25.8 Å². The van der Waals surface area contributed by atoms with Gasteiger partial charge in [-0.2, -0.15) is 0 Å². The van der Waals surface area contributed by atoms with Crippen LogP contribution in [-0.4, -0.2) is 24.3 Å². The molecule has 0 aromatic carbocycles. The smallest absolute Gasteiger partial charge is 0.0693 e. The second-order valence-corrected chi connectivity index (χ2v) is 4.23. The van der Waals surface area contributed by atoms with E-state index in [0.29, 0.717) is 5.92 Å². The van der Waals surface area contributed by atoms with Crippen LogP contribution in [0.25, 0.3) is 0 Å². The van der Waals surface area contributed by atoms with Crippen molar-refractivity contribution >= 4 is 0 Å². The van der Waals surface area contributed by atoms with Gasteiger partial charge in [0.15, 0.2) is 0 Å². The fourth-order valence-electron chi connectivity index (χ4n) is 1.59. The molecule has 2 heteroatoms. The van der Waals surface area contributed by atoms with Gasteiger partial charge >= 0.3 is 0 Å². The predicted molar refractivity (Wildman–Crippen MR) is 57.8 cm³/mol. The van der Waals surface area contributed by atoms with Crippen LogP contribution < -0.4 is 5.32 Å². The Morgan fingerprint density at radius 3 is 2.31 bits per heavy atom. The SMILES string of the molecule is CCCCC(O)C(CC(C)C)NC. The molecule has 0 amide bonds. The Labute approximate surface area is 82.7 Å². The van der Waals surface area contributed by atoms with Gasteiger partial charge in [0.1, 0.15) is 0 Å². The first-order valence-corrected chi connectivity index (χ1v) is 5.47. The maximum atomic E-state index is 9.83. The van der Waals surface area contributed by atoms with E-state index < -0.39 is 0 Å². The van der Waals surface area contributed by atoms with E-state index in [2.05, 4.69) is 26.1 Å². The summed E-state index contributed by atoms with van der Waals surface area (Å²) in [4.78, 5) is 0. The van der Waals surface area contributed by atoms with E-state index in [0.717, 1.165) is 25.7 Å². The van der Waals surface area contributed by atoms with Crippen molar-refractivity contribution in [1.29, 1.82) is 0 Å². The van der Waals surface area contributed by atoms with Gasteiger partial charge in [-0.3, -0.25) is 0 Å². The standard InChI is InChI=1S/C11H25NO/c1-5-6-7-11(13)10(12-4)8-9(2)3/h9-13H,5-8H2,1-4H3. The largest absolute Gasteiger partial charge is 0.392 e. The molecule has 0 saturated heterocycles. The normalized spacial score (nSPS) is 16.2. The van der Waals surface area contributed by atoms with Crippen molar-refractivity contribution in [3.05, 3.63) is 0 Å². The molecule has 0 spiro atoms. The van der Waals surface area contributed by atoms with Crippen molar-refractivity contribution < 1.29 is 5.11 Å². The lowest BCUT2D eigenvalue weighted by Crippen LogP contribution is -2.38. The summed E-state index contributed by atoms with van der Waals surface area (Å²) in [5, 5.41) is 13.0. The number of aliphatic hydroxyl groups is 1. The molecule has 0 aliphatic rings.